The molecule has 0 radical (unpaired) electrons. The van der Waals surface area contributed by atoms with Crippen LogP contribution in [0.25, 0.3) is 0 Å². The van der Waals surface area contributed by atoms with Crippen LogP contribution < -0.4 is 0 Å². The van der Waals surface area contributed by atoms with Gasteiger partial charge in [0.05, 0.1) is 12.2 Å². The fourth-order valence-corrected chi connectivity index (χ4v) is 2.98. The largest absolute Gasteiger partial charge is 0.392 e. The Hall–Kier alpha value is -0.590. The topological polar surface area (TPSA) is 47.3 Å². The van der Waals surface area contributed by atoms with E-state index in [4.69, 9.17) is 0 Å². The van der Waals surface area contributed by atoms with Gasteiger partial charge >= 0.3 is 0 Å². The number of aliphatic hydroxyl groups excluding tert-OH is 1. The number of rotatable bonds is 1. The summed E-state index contributed by atoms with van der Waals surface area (Å²) in [4.78, 5) is 2.24. The number of hydrogen-bond acceptors (Lipinski definition) is 3. The summed E-state index contributed by atoms with van der Waals surface area (Å²) in [6.45, 7) is 1.69. The second-order valence-corrected chi connectivity index (χ2v) is 4.95. The number of nitriles is 1. The molecule has 0 amide bonds. The minimum Gasteiger partial charge on any atom is -0.392 e. The summed E-state index contributed by atoms with van der Waals surface area (Å²) in [5.41, 5.74) is -0.250. The summed E-state index contributed by atoms with van der Waals surface area (Å²) in [5, 5.41) is 19.1. The highest BCUT2D eigenvalue weighted by Gasteiger charge is 2.39. The molecule has 0 aromatic heterocycles. The van der Waals surface area contributed by atoms with Gasteiger partial charge in [-0.05, 0) is 32.2 Å². The van der Waals surface area contributed by atoms with Crippen molar-refractivity contribution in [2.75, 3.05) is 13.1 Å². The molecule has 1 atom stereocenters. The normalized spacial score (nSPS) is 32.1. The molecule has 2 rings (SSSR count). The molecular formula is C12H20N2O. The average molecular weight is 208 g/mol. The van der Waals surface area contributed by atoms with Crippen LogP contribution in [-0.4, -0.2) is 34.7 Å². The van der Waals surface area contributed by atoms with E-state index in [9.17, 15) is 10.4 Å². The maximum Gasteiger partial charge on any atom is 0.109 e. The zero-order chi connectivity index (χ0) is 10.7. The first kappa shape index (κ1) is 10.9. The predicted octanol–water partition coefficient (Wildman–Crippen LogP) is 1.67. The van der Waals surface area contributed by atoms with Crippen LogP contribution in [-0.2, 0) is 0 Å². The molecule has 1 N–H and O–H groups in total. The Kier molecular flexibility index (Phi) is 3.28. The molecule has 1 heterocycles. The summed E-state index contributed by atoms with van der Waals surface area (Å²) in [7, 11) is 0. The lowest BCUT2D eigenvalue weighted by Gasteiger charge is -2.44. The van der Waals surface area contributed by atoms with E-state index in [1.54, 1.807) is 0 Å². The van der Waals surface area contributed by atoms with E-state index in [0.717, 1.165) is 32.2 Å². The van der Waals surface area contributed by atoms with Gasteiger partial charge in [0.1, 0.15) is 5.54 Å². The summed E-state index contributed by atoms with van der Waals surface area (Å²) in [6, 6.07) is 2.52. The lowest BCUT2D eigenvalue weighted by molar-refractivity contribution is 0.00852. The first-order chi connectivity index (χ1) is 7.27. The van der Waals surface area contributed by atoms with Gasteiger partial charge in [0.2, 0.25) is 0 Å². The summed E-state index contributed by atoms with van der Waals surface area (Å²) in [6.07, 6.45) is 7.31. The van der Waals surface area contributed by atoms with Gasteiger partial charge in [-0.1, -0.05) is 19.3 Å². The highest BCUT2D eigenvalue weighted by Crippen LogP contribution is 2.34. The van der Waals surface area contributed by atoms with Gasteiger partial charge in [-0.2, -0.15) is 5.26 Å². The Labute approximate surface area is 91.7 Å². The van der Waals surface area contributed by atoms with Crippen molar-refractivity contribution in [3.8, 4) is 6.07 Å². The number of β-amino-alcohol motifs (C(OH)–C–C–N with tert-alkyl or cyclic N) is 1. The van der Waals surface area contributed by atoms with Gasteiger partial charge in [-0.15, -0.1) is 0 Å². The van der Waals surface area contributed by atoms with Crippen molar-refractivity contribution in [3.63, 3.8) is 0 Å². The first-order valence-corrected chi connectivity index (χ1v) is 6.11. The lowest BCUT2D eigenvalue weighted by atomic mass is 9.80. The first-order valence-electron chi connectivity index (χ1n) is 6.11. The fourth-order valence-electron chi connectivity index (χ4n) is 2.98. The number of piperidine rings is 1. The average Bonchev–Trinajstić information content (AvgIpc) is 2.30. The highest BCUT2D eigenvalue weighted by molar-refractivity contribution is 5.10. The molecule has 3 nitrogen and oxygen atoms in total. The van der Waals surface area contributed by atoms with Crippen LogP contribution in [0.5, 0.6) is 0 Å². The molecule has 84 valence electrons. The summed E-state index contributed by atoms with van der Waals surface area (Å²) < 4.78 is 0. The Morgan fingerprint density at radius 3 is 2.53 bits per heavy atom. The zero-order valence-electron chi connectivity index (χ0n) is 9.28. The van der Waals surface area contributed by atoms with Gasteiger partial charge in [0, 0.05) is 6.54 Å². The van der Waals surface area contributed by atoms with Gasteiger partial charge in [0.25, 0.3) is 0 Å². The van der Waals surface area contributed by atoms with Gasteiger partial charge < -0.3 is 5.11 Å². The molecule has 1 aliphatic heterocycles. The number of aliphatic hydroxyl groups is 1. The monoisotopic (exact) mass is 208 g/mol. The van der Waals surface area contributed by atoms with Gasteiger partial charge in [-0.25, -0.2) is 0 Å². The second kappa shape index (κ2) is 4.51. The van der Waals surface area contributed by atoms with E-state index >= 15 is 0 Å². The molecule has 0 aromatic carbocycles. The molecule has 15 heavy (non-hydrogen) atoms. The smallest absolute Gasteiger partial charge is 0.109 e. The summed E-state index contributed by atoms with van der Waals surface area (Å²) >= 11 is 0. The van der Waals surface area contributed by atoms with Crippen LogP contribution in [0.3, 0.4) is 0 Å². The van der Waals surface area contributed by atoms with E-state index in [-0.39, 0.29) is 11.6 Å². The highest BCUT2D eigenvalue weighted by atomic mass is 16.3. The standard InChI is InChI=1S/C12H20N2O/c13-10-12(6-2-1-3-7-12)14-8-4-5-11(15)9-14/h11,15H,1-9H2. The third-order valence-corrected chi connectivity index (χ3v) is 3.89. The van der Waals surface area contributed by atoms with Crippen molar-refractivity contribution in [1.82, 2.24) is 4.90 Å². The molecule has 1 saturated carbocycles. The van der Waals surface area contributed by atoms with E-state index in [1.807, 2.05) is 0 Å². The predicted molar refractivity (Wildman–Crippen MR) is 58.2 cm³/mol. The zero-order valence-corrected chi connectivity index (χ0v) is 9.28. The molecule has 0 spiro atoms. The Bertz CT molecular complexity index is 253. The van der Waals surface area contributed by atoms with Crippen molar-refractivity contribution in [2.24, 2.45) is 0 Å². The quantitative estimate of drug-likeness (QED) is 0.713. The Morgan fingerprint density at radius 1 is 1.20 bits per heavy atom. The van der Waals surface area contributed by atoms with Crippen LogP contribution in [0.1, 0.15) is 44.9 Å². The maximum absolute atomic E-state index is 9.67. The van der Waals surface area contributed by atoms with Gasteiger partial charge in [0.15, 0.2) is 0 Å². The van der Waals surface area contributed by atoms with Crippen LogP contribution in [0, 0.1) is 11.3 Å². The van der Waals surface area contributed by atoms with Crippen LogP contribution in [0.2, 0.25) is 0 Å². The lowest BCUT2D eigenvalue weighted by Crippen LogP contribution is -2.54. The molecule has 0 aromatic rings. The number of likely N-dealkylation sites (tertiary alicyclic amines) is 1. The van der Waals surface area contributed by atoms with Crippen molar-refractivity contribution in [3.05, 3.63) is 0 Å². The van der Waals surface area contributed by atoms with Crippen molar-refractivity contribution < 1.29 is 5.11 Å². The Balaban J connectivity index is 2.07. The van der Waals surface area contributed by atoms with E-state index in [1.165, 1.54) is 19.3 Å². The van der Waals surface area contributed by atoms with E-state index < -0.39 is 0 Å². The minimum absolute atomic E-state index is 0.217. The van der Waals surface area contributed by atoms with Crippen molar-refractivity contribution in [1.29, 1.82) is 5.26 Å². The molecule has 3 heteroatoms. The summed E-state index contributed by atoms with van der Waals surface area (Å²) in [5.74, 6) is 0. The van der Waals surface area contributed by atoms with Crippen molar-refractivity contribution >= 4 is 0 Å². The third-order valence-electron chi connectivity index (χ3n) is 3.89. The molecule has 2 aliphatic rings. The van der Waals surface area contributed by atoms with Crippen LogP contribution >= 0.6 is 0 Å². The van der Waals surface area contributed by atoms with Crippen LogP contribution in [0.4, 0.5) is 0 Å². The molecule has 1 saturated heterocycles. The fraction of sp³-hybridized carbons (Fsp3) is 0.917. The SMILES string of the molecule is N#CC1(N2CCCC(O)C2)CCCCC1. The van der Waals surface area contributed by atoms with Crippen molar-refractivity contribution in [2.45, 2.75) is 56.6 Å². The third kappa shape index (κ3) is 2.16. The van der Waals surface area contributed by atoms with E-state index in [0.29, 0.717) is 6.54 Å². The second-order valence-electron chi connectivity index (χ2n) is 4.95. The molecule has 2 fully saturated rings. The van der Waals surface area contributed by atoms with Crippen LogP contribution in [0.15, 0.2) is 0 Å². The van der Waals surface area contributed by atoms with Gasteiger partial charge in [-0.3, -0.25) is 4.90 Å². The molecule has 1 aliphatic carbocycles. The molecule has 0 bridgehead atoms. The Morgan fingerprint density at radius 2 is 1.93 bits per heavy atom. The molecular weight excluding hydrogens is 188 g/mol. The minimum atomic E-state index is -0.250. The van der Waals surface area contributed by atoms with E-state index in [2.05, 4.69) is 11.0 Å². The maximum atomic E-state index is 9.67. The molecule has 1 unspecified atom stereocenters. The number of nitrogens with zero attached hydrogens (tertiary/aromatic N) is 2. The number of hydrogen-bond donors (Lipinski definition) is 1.